The zero-order valence-corrected chi connectivity index (χ0v) is 16.0. The number of H-pyrrole nitrogens is 1. The number of nitrogens with zero attached hydrogens (tertiary/aromatic N) is 7. The molecule has 0 bridgehead atoms. The maximum atomic E-state index is 4.49. The zero-order chi connectivity index (χ0) is 18.9. The summed E-state index contributed by atoms with van der Waals surface area (Å²) in [5.74, 6) is 2.47. The number of benzene rings is 1. The van der Waals surface area contributed by atoms with Crippen LogP contribution in [0, 0.1) is 0 Å². The van der Waals surface area contributed by atoms with Crippen LogP contribution in [-0.2, 0) is 20.1 Å². The molecule has 1 aliphatic rings. The van der Waals surface area contributed by atoms with Crippen molar-refractivity contribution in [1.29, 1.82) is 0 Å². The van der Waals surface area contributed by atoms with Crippen LogP contribution in [0.25, 0.3) is 10.9 Å². The summed E-state index contributed by atoms with van der Waals surface area (Å²) in [4.78, 5) is 9.78. The Morgan fingerprint density at radius 3 is 2.82 bits per heavy atom. The molecule has 4 aromatic rings. The van der Waals surface area contributed by atoms with Gasteiger partial charge in [-0.2, -0.15) is 5.10 Å². The van der Waals surface area contributed by atoms with Crippen molar-refractivity contribution in [2.45, 2.75) is 31.8 Å². The summed E-state index contributed by atoms with van der Waals surface area (Å²) in [5.41, 5.74) is 2.57. The van der Waals surface area contributed by atoms with E-state index in [4.69, 9.17) is 0 Å². The maximum absolute atomic E-state index is 4.49. The lowest BCUT2D eigenvalue weighted by molar-refractivity contribution is 0.200. The molecule has 8 heteroatoms. The Labute approximate surface area is 163 Å². The smallest absolute Gasteiger partial charge is 0.154 e. The second-order valence-electron chi connectivity index (χ2n) is 7.58. The lowest BCUT2D eigenvalue weighted by Gasteiger charge is -2.31. The van der Waals surface area contributed by atoms with Crippen molar-refractivity contribution < 1.29 is 0 Å². The van der Waals surface area contributed by atoms with Gasteiger partial charge in [0, 0.05) is 31.2 Å². The van der Waals surface area contributed by atoms with Gasteiger partial charge in [-0.25, -0.2) is 9.67 Å². The van der Waals surface area contributed by atoms with Crippen molar-refractivity contribution in [2.75, 3.05) is 13.1 Å². The van der Waals surface area contributed by atoms with Gasteiger partial charge < -0.3 is 9.55 Å². The molecule has 1 saturated heterocycles. The van der Waals surface area contributed by atoms with Crippen molar-refractivity contribution in [3.05, 3.63) is 60.3 Å². The highest BCUT2D eigenvalue weighted by atomic mass is 15.4. The van der Waals surface area contributed by atoms with Gasteiger partial charge in [0.1, 0.15) is 25.0 Å². The highest BCUT2D eigenvalue weighted by Gasteiger charge is 2.25. The van der Waals surface area contributed by atoms with Crippen LogP contribution in [0.1, 0.15) is 36.0 Å². The van der Waals surface area contributed by atoms with Crippen LogP contribution in [0.3, 0.4) is 0 Å². The highest BCUT2D eigenvalue weighted by molar-refractivity contribution is 5.79. The van der Waals surface area contributed by atoms with Gasteiger partial charge >= 0.3 is 0 Å². The summed E-state index contributed by atoms with van der Waals surface area (Å²) in [7, 11) is 2.06. The first-order chi connectivity index (χ1) is 13.8. The van der Waals surface area contributed by atoms with E-state index in [0.29, 0.717) is 12.5 Å². The van der Waals surface area contributed by atoms with E-state index < -0.39 is 0 Å². The van der Waals surface area contributed by atoms with Crippen LogP contribution in [0.5, 0.6) is 0 Å². The predicted octanol–water partition coefficient (Wildman–Crippen LogP) is 2.32. The van der Waals surface area contributed by atoms with Crippen LogP contribution >= 0.6 is 0 Å². The first kappa shape index (κ1) is 17.1. The molecule has 0 atom stereocenters. The van der Waals surface area contributed by atoms with E-state index in [1.165, 1.54) is 16.5 Å². The normalized spacial score (nSPS) is 16.2. The van der Waals surface area contributed by atoms with E-state index in [1.54, 1.807) is 17.3 Å². The van der Waals surface area contributed by atoms with Crippen LogP contribution < -0.4 is 0 Å². The van der Waals surface area contributed by atoms with Gasteiger partial charge in [-0.05, 0) is 55.1 Å². The standard InChI is InChI=1S/C20H24N8/c1-26-19(12-28-14-21-13-23-28)24-25-20(26)16-5-8-27(9-6-16)11-15-2-3-18-17(10-15)4-7-22-18/h2-4,7,10,13-14,16,22H,5-6,8-9,11-12H2,1H3. The summed E-state index contributed by atoms with van der Waals surface area (Å²) in [5, 5.41) is 14.3. The number of hydrogen-bond donors (Lipinski definition) is 1. The van der Waals surface area contributed by atoms with Crippen LogP contribution in [-0.4, -0.2) is 52.5 Å². The number of piperidine rings is 1. The van der Waals surface area contributed by atoms with Crippen molar-refractivity contribution in [3.8, 4) is 0 Å². The number of aromatic amines is 1. The molecule has 0 radical (unpaired) electrons. The molecule has 1 aromatic carbocycles. The molecular weight excluding hydrogens is 352 g/mol. The van der Waals surface area contributed by atoms with E-state index in [0.717, 1.165) is 44.1 Å². The van der Waals surface area contributed by atoms with E-state index in [-0.39, 0.29) is 0 Å². The van der Waals surface area contributed by atoms with Crippen LogP contribution in [0.4, 0.5) is 0 Å². The second-order valence-corrected chi connectivity index (χ2v) is 7.58. The summed E-state index contributed by atoms with van der Waals surface area (Å²) in [6, 6.07) is 8.82. The van der Waals surface area contributed by atoms with Crippen molar-refractivity contribution in [2.24, 2.45) is 7.05 Å². The first-order valence-electron chi connectivity index (χ1n) is 9.75. The Morgan fingerprint density at radius 2 is 2.00 bits per heavy atom. The number of likely N-dealkylation sites (tertiary alicyclic amines) is 1. The molecule has 1 aliphatic heterocycles. The third-order valence-electron chi connectivity index (χ3n) is 5.75. The minimum Gasteiger partial charge on any atom is -0.361 e. The van der Waals surface area contributed by atoms with Crippen molar-refractivity contribution in [3.63, 3.8) is 0 Å². The molecule has 0 unspecified atom stereocenters. The molecule has 0 amide bonds. The number of hydrogen-bond acceptors (Lipinski definition) is 5. The molecule has 0 spiro atoms. The Hall–Kier alpha value is -3.00. The zero-order valence-electron chi connectivity index (χ0n) is 16.0. The molecule has 28 heavy (non-hydrogen) atoms. The van der Waals surface area contributed by atoms with Gasteiger partial charge in [0.15, 0.2) is 5.82 Å². The molecule has 4 heterocycles. The monoisotopic (exact) mass is 376 g/mol. The molecule has 1 N–H and O–H groups in total. The van der Waals surface area contributed by atoms with Gasteiger partial charge in [0.2, 0.25) is 0 Å². The fourth-order valence-electron chi connectivity index (χ4n) is 4.14. The van der Waals surface area contributed by atoms with Crippen molar-refractivity contribution >= 4 is 10.9 Å². The Kier molecular flexibility index (Phi) is 4.40. The topological polar surface area (TPSA) is 80.4 Å². The van der Waals surface area contributed by atoms with Gasteiger partial charge in [-0.3, -0.25) is 4.90 Å². The molecule has 8 nitrogen and oxygen atoms in total. The summed E-state index contributed by atoms with van der Waals surface area (Å²) < 4.78 is 3.90. The molecule has 5 rings (SSSR count). The van der Waals surface area contributed by atoms with E-state index >= 15 is 0 Å². The van der Waals surface area contributed by atoms with Crippen LogP contribution in [0.15, 0.2) is 43.1 Å². The third-order valence-corrected chi connectivity index (χ3v) is 5.75. The number of rotatable bonds is 5. The lowest BCUT2D eigenvalue weighted by atomic mass is 9.95. The third kappa shape index (κ3) is 3.31. The molecular formula is C20H24N8. The summed E-state index contributed by atoms with van der Waals surface area (Å²) in [6.07, 6.45) is 7.47. The number of nitrogens with one attached hydrogen (secondary N) is 1. The summed E-state index contributed by atoms with van der Waals surface area (Å²) >= 11 is 0. The molecule has 0 saturated carbocycles. The summed E-state index contributed by atoms with van der Waals surface area (Å²) in [6.45, 7) is 3.77. The van der Waals surface area contributed by atoms with Gasteiger partial charge in [-0.1, -0.05) is 6.07 Å². The molecule has 144 valence electrons. The molecule has 1 fully saturated rings. The van der Waals surface area contributed by atoms with E-state index in [9.17, 15) is 0 Å². The average molecular weight is 376 g/mol. The Morgan fingerprint density at radius 1 is 1.11 bits per heavy atom. The maximum Gasteiger partial charge on any atom is 0.154 e. The van der Waals surface area contributed by atoms with Crippen molar-refractivity contribution in [1.82, 2.24) is 39.4 Å². The number of fused-ring (bicyclic) bond motifs is 1. The SMILES string of the molecule is Cn1c(Cn2cncn2)nnc1C1CCN(Cc2ccc3[nH]ccc3c2)CC1. The van der Waals surface area contributed by atoms with Crippen LogP contribution in [0.2, 0.25) is 0 Å². The first-order valence-corrected chi connectivity index (χ1v) is 9.75. The second kappa shape index (κ2) is 7.20. The Bertz CT molecular complexity index is 1050. The fraction of sp³-hybridized carbons (Fsp3) is 0.400. The van der Waals surface area contributed by atoms with E-state index in [2.05, 4.69) is 66.0 Å². The predicted molar refractivity (Wildman–Crippen MR) is 106 cm³/mol. The molecule has 3 aromatic heterocycles. The van der Waals surface area contributed by atoms with E-state index in [1.807, 2.05) is 6.20 Å². The molecule has 0 aliphatic carbocycles. The van der Waals surface area contributed by atoms with Gasteiger partial charge in [0.25, 0.3) is 0 Å². The fourth-order valence-corrected chi connectivity index (χ4v) is 4.14. The largest absolute Gasteiger partial charge is 0.361 e. The minimum atomic E-state index is 0.463. The lowest BCUT2D eigenvalue weighted by Crippen LogP contribution is -2.33. The quantitative estimate of drug-likeness (QED) is 0.578. The van der Waals surface area contributed by atoms with Gasteiger partial charge in [-0.15, -0.1) is 10.2 Å². The highest BCUT2D eigenvalue weighted by Crippen LogP contribution is 2.28. The minimum absolute atomic E-state index is 0.463. The number of aromatic nitrogens is 7. The van der Waals surface area contributed by atoms with Gasteiger partial charge in [0.05, 0.1) is 0 Å². The Balaban J connectivity index is 1.21. The average Bonchev–Trinajstić information content (AvgIpc) is 3.45.